The van der Waals surface area contributed by atoms with Crippen LogP contribution >= 0.6 is 0 Å². The Hall–Kier alpha value is -3.13. The first-order valence-corrected chi connectivity index (χ1v) is 6.28. The normalized spacial score (nSPS) is 12.9. The molecule has 21 heavy (non-hydrogen) atoms. The summed E-state index contributed by atoms with van der Waals surface area (Å²) in [7, 11) is 0. The molecule has 0 aromatic heterocycles. The molecule has 5 nitrogen and oxygen atoms in total. The number of benzene rings is 2. The molecule has 3 rings (SSSR count). The van der Waals surface area contributed by atoms with Crippen molar-refractivity contribution in [1.29, 1.82) is 5.26 Å². The van der Waals surface area contributed by atoms with Crippen LogP contribution in [0.25, 0.3) is 0 Å². The molecule has 0 saturated heterocycles. The minimum Gasteiger partial charge on any atom is -0.478 e. The number of carboxylic acid groups (broad SMARTS) is 1. The third kappa shape index (κ3) is 2.13. The average Bonchev–Trinajstić information content (AvgIpc) is 2.84. The first-order valence-electron chi connectivity index (χ1n) is 6.28. The van der Waals surface area contributed by atoms with E-state index in [1.165, 1.54) is 17.0 Å². The van der Waals surface area contributed by atoms with Crippen molar-refractivity contribution >= 4 is 17.6 Å². The zero-order chi connectivity index (χ0) is 15.0. The van der Waals surface area contributed by atoms with E-state index >= 15 is 0 Å². The molecule has 0 spiro atoms. The van der Waals surface area contributed by atoms with Gasteiger partial charge in [0.25, 0.3) is 5.91 Å². The van der Waals surface area contributed by atoms with Crippen molar-refractivity contribution in [2.45, 2.75) is 6.54 Å². The van der Waals surface area contributed by atoms with Gasteiger partial charge in [-0.3, -0.25) is 4.79 Å². The first kappa shape index (κ1) is 12.9. The molecule has 1 heterocycles. The molecule has 102 valence electrons. The molecule has 0 unspecified atom stereocenters. The minimum absolute atomic E-state index is 0.133. The summed E-state index contributed by atoms with van der Waals surface area (Å²) in [5, 5.41) is 17.9. The van der Waals surface area contributed by atoms with Crippen LogP contribution in [0.3, 0.4) is 0 Å². The van der Waals surface area contributed by atoms with E-state index in [1.54, 1.807) is 30.3 Å². The van der Waals surface area contributed by atoms with Gasteiger partial charge in [-0.05, 0) is 42.0 Å². The molecule has 1 N–H and O–H groups in total. The lowest BCUT2D eigenvalue weighted by Gasteiger charge is -2.16. The van der Waals surface area contributed by atoms with Crippen LogP contribution in [0, 0.1) is 11.3 Å². The zero-order valence-corrected chi connectivity index (χ0v) is 10.9. The van der Waals surface area contributed by atoms with Gasteiger partial charge in [0.1, 0.15) is 0 Å². The Morgan fingerprint density at radius 3 is 2.76 bits per heavy atom. The molecule has 5 heteroatoms. The largest absolute Gasteiger partial charge is 0.478 e. The van der Waals surface area contributed by atoms with Crippen LogP contribution < -0.4 is 4.90 Å². The highest BCUT2D eigenvalue weighted by atomic mass is 16.4. The van der Waals surface area contributed by atoms with Gasteiger partial charge in [-0.1, -0.05) is 6.07 Å². The number of fused-ring (bicyclic) bond motifs is 1. The minimum atomic E-state index is -1.03. The molecular weight excluding hydrogens is 268 g/mol. The Morgan fingerprint density at radius 2 is 2.05 bits per heavy atom. The van der Waals surface area contributed by atoms with E-state index in [-0.39, 0.29) is 11.5 Å². The van der Waals surface area contributed by atoms with Crippen molar-refractivity contribution in [3.05, 3.63) is 64.7 Å². The molecule has 2 aromatic rings. The molecule has 1 aliphatic heterocycles. The van der Waals surface area contributed by atoms with Gasteiger partial charge in [0.05, 0.1) is 23.7 Å². The van der Waals surface area contributed by atoms with Gasteiger partial charge in [0.2, 0.25) is 0 Å². The molecule has 0 aliphatic carbocycles. The summed E-state index contributed by atoms with van der Waals surface area (Å²) in [5.74, 6) is -1.22. The topological polar surface area (TPSA) is 81.4 Å². The summed E-state index contributed by atoms with van der Waals surface area (Å²) in [6.07, 6.45) is 0. The second-order valence-electron chi connectivity index (χ2n) is 4.73. The molecular formula is C16H10N2O3. The van der Waals surface area contributed by atoms with Crippen LogP contribution in [0.2, 0.25) is 0 Å². The number of aromatic carboxylic acids is 1. The molecule has 0 saturated carbocycles. The molecule has 0 fully saturated rings. The van der Waals surface area contributed by atoms with Crippen LogP contribution in [0.5, 0.6) is 0 Å². The molecule has 0 atom stereocenters. The summed E-state index contributed by atoms with van der Waals surface area (Å²) in [5.41, 5.74) is 2.50. The van der Waals surface area contributed by atoms with E-state index < -0.39 is 5.97 Å². The van der Waals surface area contributed by atoms with Gasteiger partial charge >= 0.3 is 5.97 Å². The molecule has 0 radical (unpaired) electrons. The number of anilines is 1. The molecule has 1 aliphatic rings. The summed E-state index contributed by atoms with van der Waals surface area (Å²) >= 11 is 0. The lowest BCUT2D eigenvalue weighted by Crippen LogP contribution is -2.23. The lowest BCUT2D eigenvalue weighted by atomic mass is 10.1. The third-order valence-electron chi connectivity index (χ3n) is 3.44. The highest BCUT2D eigenvalue weighted by Gasteiger charge is 2.28. The second kappa shape index (κ2) is 4.76. The summed E-state index contributed by atoms with van der Waals surface area (Å²) in [6.45, 7) is 0.340. The fourth-order valence-electron chi connectivity index (χ4n) is 2.41. The lowest BCUT2D eigenvalue weighted by molar-refractivity contribution is 0.0696. The number of amides is 1. The van der Waals surface area contributed by atoms with Crippen LogP contribution in [0.4, 0.5) is 5.69 Å². The van der Waals surface area contributed by atoms with Gasteiger partial charge in [-0.2, -0.15) is 5.26 Å². The Bertz CT molecular complexity index is 805. The Balaban J connectivity index is 2.00. The quantitative estimate of drug-likeness (QED) is 0.914. The number of nitrogens with zero attached hydrogens (tertiary/aromatic N) is 2. The van der Waals surface area contributed by atoms with E-state index in [2.05, 4.69) is 0 Å². The van der Waals surface area contributed by atoms with Gasteiger partial charge in [0.15, 0.2) is 0 Å². The SMILES string of the molecule is N#Cc1ccc2c(c1)CN(c1cccc(C(=O)O)c1)C2=O. The summed E-state index contributed by atoms with van der Waals surface area (Å²) in [4.78, 5) is 24.9. The van der Waals surface area contributed by atoms with E-state index in [1.807, 2.05) is 6.07 Å². The number of rotatable bonds is 2. The number of carbonyl (C=O) groups is 2. The number of hydrogen-bond acceptors (Lipinski definition) is 3. The average molecular weight is 278 g/mol. The van der Waals surface area contributed by atoms with E-state index in [0.717, 1.165) is 5.56 Å². The standard InChI is InChI=1S/C16H10N2O3/c17-8-10-4-5-14-12(6-10)9-18(15(14)19)13-3-1-2-11(7-13)16(20)21/h1-7H,9H2,(H,20,21). The van der Waals surface area contributed by atoms with Gasteiger partial charge in [-0.25, -0.2) is 4.79 Å². The van der Waals surface area contributed by atoms with Crippen molar-refractivity contribution in [3.63, 3.8) is 0 Å². The zero-order valence-electron chi connectivity index (χ0n) is 10.9. The first-order chi connectivity index (χ1) is 10.1. The smallest absolute Gasteiger partial charge is 0.335 e. The maximum Gasteiger partial charge on any atom is 0.335 e. The fraction of sp³-hybridized carbons (Fsp3) is 0.0625. The number of carboxylic acids is 1. The predicted molar refractivity (Wildman–Crippen MR) is 75.1 cm³/mol. The van der Waals surface area contributed by atoms with E-state index in [9.17, 15) is 9.59 Å². The van der Waals surface area contributed by atoms with E-state index in [0.29, 0.717) is 23.4 Å². The monoisotopic (exact) mass is 278 g/mol. The Kier molecular flexibility index (Phi) is 2.92. The van der Waals surface area contributed by atoms with Crippen molar-refractivity contribution in [2.75, 3.05) is 4.90 Å². The van der Waals surface area contributed by atoms with Gasteiger partial charge < -0.3 is 10.0 Å². The van der Waals surface area contributed by atoms with Crippen LogP contribution in [0.1, 0.15) is 31.8 Å². The van der Waals surface area contributed by atoms with Crippen molar-refractivity contribution in [1.82, 2.24) is 0 Å². The van der Waals surface area contributed by atoms with Crippen molar-refractivity contribution < 1.29 is 14.7 Å². The van der Waals surface area contributed by atoms with Gasteiger partial charge in [-0.15, -0.1) is 0 Å². The molecule has 0 bridgehead atoms. The highest BCUT2D eigenvalue weighted by Crippen LogP contribution is 2.29. The van der Waals surface area contributed by atoms with E-state index in [4.69, 9.17) is 10.4 Å². The molecule has 1 amide bonds. The summed E-state index contributed by atoms with van der Waals surface area (Å²) in [6, 6.07) is 13.2. The predicted octanol–water partition coefficient (Wildman–Crippen LogP) is 2.42. The maximum absolute atomic E-state index is 12.4. The Morgan fingerprint density at radius 1 is 1.24 bits per heavy atom. The fourth-order valence-corrected chi connectivity index (χ4v) is 2.41. The van der Waals surface area contributed by atoms with Crippen LogP contribution in [-0.2, 0) is 6.54 Å². The highest BCUT2D eigenvalue weighted by molar-refractivity contribution is 6.10. The van der Waals surface area contributed by atoms with Gasteiger partial charge in [0, 0.05) is 11.3 Å². The second-order valence-corrected chi connectivity index (χ2v) is 4.73. The third-order valence-corrected chi connectivity index (χ3v) is 3.44. The number of hydrogen-bond donors (Lipinski definition) is 1. The maximum atomic E-state index is 12.4. The van der Waals surface area contributed by atoms with Crippen LogP contribution in [0.15, 0.2) is 42.5 Å². The molecule has 2 aromatic carbocycles. The number of nitriles is 1. The van der Waals surface area contributed by atoms with Crippen molar-refractivity contribution in [3.8, 4) is 6.07 Å². The number of carbonyl (C=O) groups excluding carboxylic acids is 1. The summed E-state index contributed by atoms with van der Waals surface area (Å²) < 4.78 is 0. The van der Waals surface area contributed by atoms with Crippen LogP contribution in [-0.4, -0.2) is 17.0 Å². The Labute approximate surface area is 120 Å². The van der Waals surface area contributed by atoms with Crippen molar-refractivity contribution in [2.24, 2.45) is 0 Å².